The number of carbonyl (C=O) groups is 5. The highest BCUT2D eigenvalue weighted by atomic mass is 16.4. The van der Waals surface area contributed by atoms with Gasteiger partial charge in [-0.25, -0.2) is 4.79 Å². The second-order valence-electron chi connectivity index (χ2n) is 8.16. The third kappa shape index (κ3) is 10.8. The van der Waals surface area contributed by atoms with Crippen molar-refractivity contribution in [2.75, 3.05) is 0 Å². The molecule has 0 rings (SSSR count). The van der Waals surface area contributed by atoms with E-state index in [1.165, 1.54) is 6.92 Å². The molecule has 5 atom stereocenters. The van der Waals surface area contributed by atoms with Crippen LogP contribution >= 0.6 is 0 Å². The first kappa shape index (κ1) is 28.3. The maximum atomic E-state index is 12.7. The van der Waals surface area contributed by atoms with E-state index in [2.05, 4.69) is 16.0 Å². The largest absolute Gasteiger partial charge is 0.481 e. The summed E-state index contributed by atoms with van der Waals surface area (Å²) in [5, 5.41) is 25.2. The molecule has 0 aliphatic carbocycles. The van der Waals surface area contributed by atoms with E-state index in [9.17, 15) is 24.0 Å². The summed E-state index contributed by atoms with van der Waals surface area (Å²) in [6.07, 6.45) is 0.280. The van der Waals surface area contributed by atoms with Gasteiger partial charge in [0.15, 0.2) is 0 Å². The van der Waals surface area contributed by atoms with Crippen LogP contribution < -0.4 is 21.7 Å². The third-order valence-electron chi connectivity index (χ3n) is 4.91. The van der Waals surface area contributed by atoms with E-state index >= 15 is 0 Å². The molecule has 0 aliphatic heterocycles. The fourth-order valence-electron chi connectivity index (χ4n) is 2.68. The van der Waals surface area contributed by atoms with Crippen LogP contribution in [0.5, 0.6) is 0 Å². The average Bonchev–Trinajstić information content (AvgIpc) is 2.67. The summed E-state index contributed by atoms with van der Waals surface area (Å²) in [6.45, 7) is 8.84. The number of aliphatic carboxylic acids is 2. The molecule has 31 heavy (non-hydrogen) atoms. The first-order chi connectivity index (χ1) is 14.3. The van der Waals surface area contributed by atoms with Crippen molar-refractivity contribution in [1.82, 2.24) is 16.0 Å². The predicted molar refractivity (Wildman–Crippen MR) is 113 cm³/mol. The van der Waals surface area contributed by atoms with Crippen molar-refractivity contribution < 1.29 is 34.2 Å². The third-order valence-corrected chi connectivity index (χ3v) is 4.91. The Labute approximate surface area is 182 Å². The molecule has 11 nitrogen and oxygen atoms in total. The maximum absolute atomic E-state index is 12.7. The molecule has 0 spiro atoms. The van der Waals surface area contributed by atoms with Gasteiger partial charge >= 0.3 is 11.9 Å². The zero-order valence-corrected chi connectivity index (χ0v) is 18.8. The lowest BCUT2D eigenvalue weighted by Gasteiger charge is -2.25. The molecule has 0 bridgehead atoms. The van der Waals surface area contributed by atoms with E-state index in [0.717, 1.165) is 0 Å². The fourth-order valence-corrected chi connectivity index (χ4v) is 2.68. The monoisotopic (exact) mass is 444 g/mol. The molecule has 0 aromatic heterocycles. The SMILES string of the molecule is CCC(C)C(N)C(=O)NC(CC(C)C)C(=O)NC(C)C(=O)NC(CCC(=O)O)C(=O)O. The van der Waals surface area contributed by atoms with Gasteiger partial charge in [-0.1, -0.05) is 34.1 Å². The summed E-state index contributed by atoms with van der Waals surface area (Å²) >= 11 is 0. The van der Waals surface area contributed by atoms with Crippen LogP contribution in [0.2, 0.25) is 0 Å². The normalized spacial score (nSPS) is 15.8. The topological polar surface area (TPSA) is 188 Å². The van der Waals surface area contributed by atoms with Gasteiger partial charge in [0.25, 0.3) is 0 Å². The Hall–Kier alpha value is -2.69. The molecular formula is C20H36N4O7. The van der Waals surface area contributed by atoms with Crippen molar-refractivity contribution in [2.45, 2.75) is 84.5 Å². The fraction of sp³-hybridized carbons (Fsp3) is 0.750. The van der Waals surface area contributed by atoms with Gasteiger partial charge in [0, 0.05) is 6.42 Å². The Bertz CT molecular complexity index is 653. The van der Waals surface area contributed by atoms with Gasteiger partial charge in [-0.05, 0) is 31.6 Å². The second-order valence-corrected chi connectivity index (χ2v) is 8.16. The van der Waals surface area contributed by atoms with Crippen LogP contribution in [0.4, 0.5) is 0 Å². The molecule has 0 radical (unpaired) electrons. The number of carboxylic acid groups (broad SMARTS) is 2. The van der Waals surface area contributed by atoms with Crippen LogP contribution in [-0.4, -0.2) is 64.0 Å². The Balaban J connectivity index is 5.10. The quantitative estimate of drug-likeness (QED) is 0.213. The van der Waals surface area contributed by atoms with Crippen molar-refractivity contribution >= 4 is 29.7 Å². The summed E-state index contributed by atoms with van der Waals surface area (Å²) in [6, 6.07) is -4.20. The predicted octanol–water partition coefficient (Wildman–Crippen LogP) is -0.170. The van der Waals surface area contributed by atoms with Gasteiger partial charge in [0.05, 0.1) is 6.04 Å². The highest BCUT2D eigenvalue weighted by molar-refractivity contribution is 5.94. The Morgan fingerprint density at radius 2 is 1.39 bits per heavy atom. The lowest BCUT2D eigenvalue weighted by molar-refractivity contribution is -0.143. The Kier molecular flexibility index (Phi) is 12.4. The van der Waals surface area contributed by atoms with Crippen LogP contribution in [0.15, 0.2) is 0 Å². The van der Waals surface area contributed by atoms with Gasteiger partial charge < -0.3 is 31.9 Å². The number of hydrogen-bond acceptors (Lipinski definition) is 6. The highest BCUT2D eigenvalue weighted by Gasteiger charge is 2.29. The van der Waals surface area contributed by atoms with Crippen molar-refractivity contribution in [3.63, 3.8) is 0 Å². The molecule has 0 fully saturated rings. The smallest absolute Gasteiger partial charge is 0.326 e. The van der Waals surface area contributed by atoms with Gasteiger partial charge in [0.2, 0.25) is 17.7 Å². The van der Waals surface area contributed by atoms with Crippen LogP contribution in [0.25, 0.3) is 0 Å². The summed E-state index contributed by atoms with van der Waals surface area (Å²) in [7, 11) is 0. The number of nitrogens with one attached hydrogen (secondary N) is 3. The molecular weight excluding hydrogens is 408 g/mol. The van der Waals surface area contributed by atoms with E-state index in [4.69, 9.17) is 15.9 Å². The number of nitrogens with two attached hydrogens (primary N) is 1. The Morgan fingerprint density at radius 3 is 1.84 bits per heavy atom. The number of carbonyl (C=O) groups excluding carboxylic acids is 3. The summed E-state index contributed by atoms with van der Waals surface area (Å²) in [5.74, 6) is -4.43. The number of rotatable bonds is 14. The van der Waals surface area contributed by atoms with E-state index in [0.29, 0.717) is 12.8 Å². The number of hydrogen-bond donors (Lipinski definition) is 6. The zero-order chi connectivity index (χ0) is 24.3. The second kappa shape index (κ2) is 13.6. The molecule has 0 heterocycles. The molecule has 0 saturated heterocycles. The molecule has 0 aromatic carbocycles. The van der Waals surface area contributed by atoms with E-state index < -0.39 is 60.2 Å². The minimum absolute atomic E-state index is 0.0624. The standard InChI is InChI=1S/C20H36N4O7/c1-6-11(4)16(21)19(29)24-14(9-10(2)3)18(28)22-12(5)17(27)23-13(20(30)31)7-8-15(25)26/h10-14,16H,6-9,21H2,1-5H3,(H,22,28)(H,23,27)(H,24,29)(H,25,26)(H,30,31). The molecule has 3 amide bonds. The zero-order valence-electron chi connectivity index (χ0n) is 18.8. The number of amides is 3. The van der Waals surface area contributed by atoms with E-state index in [1.54, 1.807) is 0 Å². The van der Waals surface area contributed by atoms with E-state index in [1.807, 2.05) is 27.7 Å². The first-order valence-electron chi connectivity index (χ1n) is 10.4. The van der Waals surface area contributed by atoms with Crippen molar-refractivity contribution in [3.05, 3.63) is 0 Å². The summed E-state index contributed by atoms with van der Waals surface area (Å²) in [4.78, 5) is 59.3. The van der Waals surface area contributed by atoms with Crippen LogP contribution in [0.3, 0.4) is 0 Å². The van der Waals surface area contributed by atoms with Crippen LogP contribution in [0.1, 0.15) is 60.3 Å². The maximum Gasteiger partial charge on any atom is 0.326 e. The summed E-state index contributed by atoms with van der Waals surface area (Å²) in [5.41, 5.74) is 5.93. The first-order valence-corrected chi connectivity index (χ1v) is 10.4. The minimum atomic E-state index is -1.40. The van der Waals surface area contributed by atoms with Crippen LogP contribution in [-0.2, 0) is 24.0 Å². The Morgan fingerprint density at radius 1 is 0.839 bits per heavy atom. The molecule has 0 saturated carbocycles. The molecule has 7 N–H and O–H groups in total. The molecule has 0 aliphatic rings. The average molecular weight is 445 g/mol. The van der Waals surface area contributed by atoms with Crippen LogP contribution in [0, 0.1) is 11.8 Å². The van der Waals surface area contributed by atoms with Crippen molar-refractivity contribution in [3.8, 4) is 0 Å². The minimum Gasteiger partial charge on any atom is -0.481 e. The highest BCUT2D eigenvalue weighted by Crippen LogP contribution is 2.09. The summed E-state index contributed by atoms with van der Waals surface area (Å²) < 4.78 is 0. The van der Waals surface area contributed by atoms with Gasteiger partial charge in [-0.15, -0.1) is 0 Å². The van der Waals surface area contributed by atoms with E-state index in [-0.39, 0.29) is 18.3 Å². The lowest BCUT2D eigenvalue weighted by Crippen LogP contribution is -2.57. The van der Waals surface area contributed by atoms with Gasteiger partial charge in [0.1, 0.15) is 18.1 Å². The lowest BCUT2D eigenvalue weighted by atomic mass is 9.97. The van der Waals surface area contributed by atoms with Crippen molar-refractivity contribution in [1.29, 1.82) is 0 Å². The van der Waals surface area contributed by atoms with Gasteiger partial charge in [-0.3, -0.25) is 19.2 Å². The number of carboxylic acids is 2. The van der Waals surface area contributed by atoms with Gasteiger partial charge in [-0.2, -0.15) is 0 Å². The molecule has 11 heteroatoms. The van der Waals surface area contributed by atoms with Crippen molar-refractivity contribution in [2.24, 2.45) is 17.6 Å². The molecule has 5 unspecified atom stereocenters. The molecule has 178 valence electrons. The molecule has 0 aromatic rings.